The number of nitrogens with zero attached hydrogens (tertiary/aromatic N) is 4. The summed E-state index contributed by atoms with van der Waals surface area (Å²) in [6.07, 6.45) is 2.36. The molecule has 0 spiro atoms. The van der Waals surface area contributed by atoms with Crippen LogP contribution in [0.1, 0.15) is 45.0 Å². The third-order valence-corrected chi connectivity index (χ3v) is 11.6. The zero-order valence-corrected chi connectivity index (χ0v) is 21.8. The minimum absolute atomic E-state index is 0.122. The van der Waals surface area contributed by atoms with Gasteiger partial charge in [0.15, 0.2) is 0 Å². The monoisotopic (exact) mass is 488 g/mol. The molecule has 7 heteroatoms. The predicted molar refractivity (Wildman–Crippen MR) is 139 cm³/mol. The Bertz CT molecular complexity index is 1170. The summed E-state index contributed by atoms with van der Waals surface area (Å²) in [6.45, 7) is 13.3. The lowest BCUT2D eigenvalue weighted by atomic mass is 10.3. The molecular weight excluding hydrogens is 458 g/mol. The lowest BCUT2D eigenvalue weighted by Gasteiger charge is -2.44. The average Bonchev–Trinajstić information content (AvgIpc) is 3.38. The zero-order chi connectivity index (χ0) is 23.1. The molecular formula is C25H31Cl2N4P. The summed E-state index contributed by atoms with van der Waals surface area (Å²) in [6, 6.07) is 15.9. The van der Waals surface area contributed by atoms with Crippen LogP contribution >= 0.6 is 30.4 Å². The fourth-order valence-corrected chi connectivity index (χ4v) is 9.87. The Kier molecular flexibility index (Phi) is 6.62. The van der Waals surface area contributed by atoms with Crippen LogP contribution in [0.3, 0.4) is 0 Å². The van der Waals surface area contributed by atoms with Gasteiger partial charge in [-0.25, -0.2) is 9.43 Å². The first-order valence-electron chi connectivity index (χ1n) is 11.1. The highest BCUT2D eigenvalue weighted by molar-refractivity contribution is 7.73. The maximum Gasteiger partial charge on any atom is 0.0834 e. The van der Waals surface area contributed by atoms with Crippen molar-refractivity contribution >= 4 is 41.4 Å². The highest BCUT2D eigenvalue weighted by Gasteiger charge is 2.45. The van der Waals surface area contributed by atoms with Gasteiger partial charge in [0.2, 0.25) is 0 Å². The summed E-state index contributed by atoms with van der Waals surface area (Å²) < 4.78 is 10.3. The lowest BCUT2D eigenvalue weighted by Crippen LogP contribution is -2.36. The number of hydrogen-bond donors (Lipinski definition) is 0. The van der Waals surface area contributed by atoms with Crippen molar-refractivity contribution in [1.82, 2.24) is 14.5 Å². The van der Waals surface area contributed by atoms with E-state index in [4.69, 9.17) is 33.0 Å². The summed E-state index contributed by atoms with van der Waals surface area (Å²) >= 11 is 13.0. The number of hydrogen-bond acceptors (Lipinski definition) is 2. The second-order valence-electron chi connectivity index (χ2n) is 9.40. The molecule has 170 valence electrons. The van der Waals surface area contributed by atoms with Crippen molar-refractivity contribution in [3.8, 4) is 5.69 Å². The zero-order valence-electron chi connectivity index (χ0n) is 19.4. The summed E-state index contributed by atoms with van der Waals surface area (Å²) in [7, 11) is -2.29. The first-order chi connectivity index (χ1) is 15.1. The number of para-hydroxylation sites is 1. The number of aromatic nitrogens is 2. The molecule has 1 atom stereocenters. The lowest BCUT2D eigenvalue weighted by molar-refractivity contribution is 0.538. The van der Waals surface area contributed by atoms with Crippen LogP contribution in [-0.2, 0) is 0 Å². The third kappa shape index (κ3) is 4.07. The van der Waals surface area contributed by atoms with E-state index in [1.54, 1.807) is 0 Å². The van der Waals surface area contributed by atoms with Crippen molar-refractivity contribution in [2.45, 2.75) is 52.6 Å². The van der Waals surface area contributed by atoms with E-state index in [-0.39, 0.29) is 5.16 Å². The molecule has 0 amide bonds. The van der Waals surface area contributed by atoms with Crippen LogP contribution in [0.4, 0.5) is 5.69 Å². The van der Waals surface area contributed by atoms with Crippen LogP contribution in [0, 0.1) is 13.8 Å². The van der Waals surface area contributed by atoms with E-state index in [9.17, 15) is 0 Å². The fraction of sp³-hybridized carbons (Fsp3) is 0.400. The molecule has 1 aliphatic heterocycles. The summed E-state index contributed by atoms with van der Waals surface area (Å²) in [4.78, 5) is 0. The summed E-state index contributed by atoms with van der Waals surface area (Å²) in [5.74, 6) is 0. The molecule has 4 rings (SSSR count). The molecule has 32 heavy (non-hydrogen) atoms. The van der Waals surface area contributed by atoms with E-state index < -0.39 is 7.21 Å². The molecule has 1 aromatic heterocycles. The molecule has 0 N–H and O–H groups in total. The van der Waals surface area contributed by atoms with Crippen LogP contribution in [0.25, 0.3) is 5.69 Å². The van der Waals surface area contributed by atoms with Gasteiger partial charge in [0.1, 0.15) is 0 Å². The van der Waals surface area contributed by atoms with Gasteiger partial charge in [0, 0.05) is 23.3 Å². The normalized spacial score (nSPS) is 16.8. The Labute approximate surface area is 201 Å². The Balaban J connectivity index is 2.09. The second kappa shape index (κ2) is 8.99. The number of rotatable bonds is 4. The SMILES string of the molecule is Cc1nn(-c2ccccc2)c(C)c1[P@](=Nc1cc(Cl)ccc1Cl)(N1CCCC1)C(C)(C)C. The van der Waals surface area contributed by atoms with E-state index >= 15 is 0 Å². The molecule has 1 fully saturated rings. The first kappa shape index (κ1) is 23.6. The summed E-state index contributed by atoms with van der Waals surface area (Å²) in [5.41, 5.74) is 4.00. The van der Waals surface area contributed by atoms with E-state index in [1.807, 2.05) is 36.4 Å². The number of benzene rings is 2. The summed E-state index contributed by atoms with van der Waals surface area (Å²) in [5, 5.41) is 7.43. The van der Waals surface area contributed by atoms with Gasteiger partial charge in [0.05, 0.1) is 40.3 Å². The van der Waals surface area contributed by atoms with Crippen molar-refractivity contribution in [2.24, 2.45) is 4.74 Å². The molecule has 0 radical (unpaired) electrons. The van der Waals surface area contributed by atoms with Crippen LogP contribution in [0.5, 0.6) is 0 Å². The van der Waals surface area contributed by atoms with Crippen molar-refractivity contribution in [3.05, 3.63) is 70.0 Å². The van der Waals surface area contributed by atoms with E-state index in [1.165, 1.54) is 18.1 Å². The van der Waals surface area contributed by atoms with Gasteiger partial charge in [0.25, 0.3) is 0 Å². The highest BCUT2D eigenvalue weighted by atomic mass is 35.5. The van der Waals surface area contributed by atoms with Crippen LogP contribution in [-0.4, -0.2) is 32.7 Å². The standard InChI is InChI=1S/C25H31Cl2N4P/c1-18-24(19(2)31(28-18)21-11-7-6-8-12-21)32(25(3,4)5,30-15-9-10-16-30)29-23-17-20(26)13-14-22(23)27/h6-8,11-14,17H,9-10,15-16H2,1-5H3/t32-/m0/s1. The molecule has 0 saturated carbocycles. The third-order valence-electron chi connectivity index (χ3n) is 6.15. The number of halogens is 2. The maximum atomic E-state index is 6.65. The molecule has 2 aromatic carbocycles. The molecule has 1 aliphatic rings. The second-order valence-corrected chi connectivity index (χ2v) is 14.0. The highest BCUT2D eigenvalue weighted by Crippen LogP contribution is 2.66. The fourth-order valence-electron chi connectivity index (χ4n) is 4.78. The van der Waals surface area contributed by atoms with Gasteiger partial charge in [-0.05, 0) is 57.0 Å². The molecule has 4 nitrogen and oxygen atoms in total. The van der Waals surface area contributed by atoms with E-state index in [0.717, 1.165) is 35.9 Å². The first-order valence-corrected chi connectivity index (χ1v) is 13.6. The van der Waals surface area contributed by atoms with E-state index in [2.05, 4.69) is 56.1 Å². The molecule has 3 aromatic rings. The Morgan fingerprint density at radius 2 is 1.62 bits per heavy atom. The Morgan fingerprint density at radius 1 is 0.969 bits per heavy atom. The van der Waals surface area contributed by atoms with E-state index in [0.29, 0.717) is 10.0 Å². The van der Waals surface area contributed by atoms with Crippen molar-refractivity contribution in [3.63, 3.8) is 0 Å². The Hall–Kier alpha value is -1.58. The molecule has 0 unspecified atom stereocenters. The minimum atomic E-state index is -2.29. The van der Waals surface area contributed by atoms with Gasteiger partial charge < -0.3 is 0 Å². The Morgan fingerprint density at radius 3 is 2.25 bits per heavy atom. The average molecular weight is 489 g/mol. The predicted octanol–water partition coefficient (Wildman–Crippen LogP) is 7.76. The van der Waals surface area contributed by atoms with Crippen molar-refractivity contribution in [1.29, 1.82) is 0 Å². The quantitative estimate of drug-likeness (QED) is 0.351. The van der Waals surface area contributed by atoms with Crippen molar-refractivity contribution in [2.75, 3.05) is 13.1 Å². The van der Waals surface area contributed by atoms with Crippen LogP contribution < -0.4 is 5.30 Å². The number of aryl methyl sites for hydroxylation is 1. The largest absolute Gasteiger partial charge is 0.265 e. The molecule has 0 aliphatic carbocycles. The van der Waals surface area contributed by atoms with Gasteiger partial charge in [-0.15, -0.1) is 0 Å². The van der Waals surface area contributed by atoms with Gasteiger partial charge in [-0.3, -0.25) is 4.67 Å². The molecule has 2 heterocycles. The topological polar surface area (TPSA) is 33.4 Å². The van der Waals surface area contributed by atoms with Gasteiger partial charge >= 0.3 is 0 Å². The van der Waals surface area contributed by atoms with Gasteiger partial charge in [-0.2, -0.15) is 5.10 Å². The van der Waals surface area contributed by atoms with Crippen LogP contribution in [0.2, 0.25) is 10.0 Å². The van der Waals surface area contributed by atoms with Crippen molar-refractivity contribution < 1.29 is 0 Å². The smallest absolute Gasteiger partial charge is 0.0834 e. The minimum Gasteiger partial charge on any atom is -0.265 e. The molecule has 1 saturated heterocycles. The maximum absolute atomic E-state index is 6.65. The van der Waals surface area contributed by atoms with Crippen LogP contribution in [0.15, 0.2) is 53.3 Å². The van der Waals surface area contributed by atoms with Gasteiger partial charge in [-0.1, -0.05) is 62.2 Å². The molecule has 0 bridgehead atoms.